The number of rotatable bonds is 7. The Morgan fingerprint density at radius 3 is 2.36 bits per heavy atom. The maximum absolute atomic E-state index is 13.7. The Bertz CT molecular complexity index is 1260. The Morgan fingerprint density at radius 2 is 1.72 bits per heavy atom. The second kappa shape index (κ2) is 10.7. The minimum Gasteiger partial charge on any atom is -0.497 e. The molecular weight excluding hydrogens is 472 g/mol. The molecule has 1 amide bonds. The lowest BCUT2D eigenvalue weighted by molar-refractivity contribution is 0.102. The number of anilines is 1. The van der Waals surface area contributed by atoms with Gasteiger partial charge in [-0.25, -0.2) is 4.99 Å². The summed E-state index contributed by atoms with van der Waals surface area (Å²) in [5.74, 6) is 2.39. The van der Waals surface area contributed by atoms with Crippen molar-refractivity contribution in [2.75, 3.05) is 26.6 Å². The van der Waals surface area contributed by atoms with Crippen molar-refractivity contribution in [2.45, 2.75) is 40.0 Å². The lowest BCUT2D eigenvalue weighted by Crippen LogP contribution is -2.27. The Balaban J connectivity index is 1.70. The lowest BCUT2D eigenvalue weighted by Gasteiger charge is -2.33. The highest BCUT2D eigenvalue weighted by Gasteiger charge is 2.33. The van der Waals surface area contributed by atoms with E-state index < -0.39 is 0 Å². The average molecular weight is 507 g/mol. The first-order valence-electron chi connectivity index (χ1n) is 12.1. The first kappa shape index (κ1) is 25.8. The summed E-state index contributed by atoms with van der Waals surface area (Å²) in [7, 11) is 4.82. The Labute approximate surface area is 217 Å². The molecular formula is C29H34N2O4S. The maximum Gasteiger partial charge on any atom is 0.259 e. The third-order valence-corrected chi connectivity index (χ3v) is 7.96. The summed E-state index contributed by atoms with van der Waals surface area (Å²) in [6, 6.07) is 13.1. The fourth-order valence-corrected chi connectivity index (χ4v) is 5.81. The Morgan fingerprint density at radius 1 is 1.03 bits per heavy atom. The van der Waals surface area contributed by atoms with Crippen LogP contribution in [-0.2, 0) is 12.8 Å². The van der Waals surface area contributed by atoms with Crippen molar-refractivity contribution in [3.8, 4) is 17.2 Å². The van der Waals surface area contributed by atoms with Crippen LogP contribution in [0.4, 0.5) is 10.7 Å². The molecule has 3 aromatic rings. The minimum atomic E-state index is -0.174. The summed E-state index contributed by atoms with van der Waals surface area (Å²) in [5.41, 5.74) is 3.53. The van der Waals surface area contributed by atoms with Crippen LogP contribution < -0.4 is 19.5 Å². The van der Waals surface area contributed by atoms with E-state index in [1.54, 1.807) is 50.9 Å². The van der Waals surface area contributed by atoms with Gasteiger partial charge < -0.3 is 19.5 Å². The third-order valence-electron chi connectivity index (χ3n) is 6.80. The van der Waals surface area contributed by atoms with Crippen LogP contribution in [-0.4, -0.2) is 33.5 Å². The molecule has 1 atom stereocenters. The van der Waals surface area contributed by atoms with Crippen molar-refractivity contribution in [2.24, 2.45) is 16.3 Å². The highest BCUT2D eigenvalue weighted by Crippen LogP contribution is 2.45. The predicted octanol–water partition coefficient (Wildman–Crippen LogP) is 6.93. The number of hydrogen-bond acceptors (Lipinski definition) is 6. The molecule has 1 heterocycles. The highest BCUT2D eigenvalue weighted by atomic mass is 32.1. The summed E-state index contributed by atoms with van der Waals surface area (Å²) in [6.07, 6.45) is 4.70. The number of carbonyl (C=O) groups is 1. The Hall–Kier alpha value is -3.32. The van der Waals surface area contributed by atoms with Gasteiger partial charge in [0.25, 0.3) is 5.91 Å². The number of carbonyl (C=O) groups excluding carboxylic acids is 1. The second-order valence-electron chi connectivity index (χ2n) is 10.0. The summed E-state index contributed by atoms with van der Waals surface area (Å²) >= 11 is 1.63. The van der Waals surface area contributed by atoms with Gasteiger partial charge in [0.05, 0.1) is 32.6 Å². The predicted molar refractivity (Wildman–Crippen MR) is 147 cm³/mol. The smallest absolute Gasteiger partial charge is 0.259 e. The van der Waals surface area contributed by atoms with Crippen LogP contribution in [0.25, 0.3) is 0 Å². The molecule has 0 radical (unpaired) electrons. The van der Waals surface area contributed by atoms with E-state index in [-0.39, 0.29) is 11.3 Å². The van der Waals surface area contributed by atoms with E-state index in [4.69, 9.17) is 19.2 Å². The number of methoxy groups -OCH3 is 3. The monoisotopic (exact) mass is 506 g/mol. The molecule has 2 aromatic carbocycles. The summed E-state index contributed by atoms with van der Waals surface area (Å²) in [5, 5.41) is 3.79. The van der Waals surface area contributed by atoms with E-state index in [0.29, 0.717) is 28.7 Å². The third kappa shape index (κ3) is 5.57. The van der Waals surface area contributed by atoms with Gasteiger partial charge in [-0.3, -0.25) is 4.79 Å². The normalized spacial score (nSPS) is 15.4. The van der Waals surface area contributed by atoms with Gasteiger partial charge in [0.2, 0.25) is 0 Å². The molecule has 1 N–H and O–H groups in total. The summed E-state index contributed by atoms with van der Waals surface area (Å²) in [6.45, 7) is 6.88. The molecule has 0 saturated carbocycles. The fourth-order valence-electron chi connectivity index (χ4n) is 4.55. The average Bonchev–Trinajstić information content (AvgIpc) is 3.25. The SMILES string of the molecule is COc1ccc(/C=N/c2sc3c(c2C(=O)Nc2ccc(OC)cc2OC)CCC(C(C)(C)C)C3)cc1. The van der Waals surface area contributed by atoms with Crippen molar-refractivity contribution in [1.82, 2.24) is 0 Å². The number of nitrogens with one attached hydrogen (secondary N) is 1. The zero-order chi connectivity index (χ0) is 25.9. The van der Waals surface area contributed by atoms with Crippen molar-refractivity contribution < 1.29 is 19.0 Å². The van der Waals surface area contributed by atoms with E-state index in [1.807, 2.05) is 30.5 Å². The molecule has 0 aliphatic heterocycles. The molecule has 0 fully saturated rings. The fraction of sp³-hybridized carbons (Fsp3) is 0.379. The molecule has 0 bridgehead atoms. The largest absolute Gasteiger partial charge is 0.497 e. The van der Waals surface area contributed by atoms with Gasteiger partial charge in [0, 0.05) is 17.2 Å². The van der Waals surface area contributed by atoms with Crippen LogP contribution in [0.2, 0.25) is 0 Å². The van der Waals surface area contributed by atoms with Gasteiger partial charge in [0.1, 0.15) is 22.2 Å². The molecule has 190 valence electrons. The van der Waals surface area contributed by atoms with Crippen LogP contribution in [0.1, 0.15) is 53.6 Å². The van der Waals surface area contributed by atoms with Crippen LogP contribution in [0.3, 0.4) is 0 Å². The van der Waals surface area contributed by atoms with Gasteiger partial charge in [0.15, 0.2) is 0 Å². The van der Waals surface area contributed by atoms with Crippen molar-refractivity contribution >= 4 is 34.1 Å². The molecule has 0 saturated heterocycles. The first-order chi connectivity index (χ1) is 17.2. The van der Waals surface area contributed by atoms with Gasteiger partial charge >= 0.3 is 0 Å². The number of amides is 1. The number of thiophene rings is 1. The Kier molecular flexibility index (Phi) is 7.69. The second-order valence-corrected chi connectivity index (χ2v) is 11.1. The molecule has 6 nitrogen and oxygen atoms in total. The molecule has 0 spiro atoms. The molecule has 1 aliphatic carbocycles. The number of ether oxygens (including phenoxy) is 3. The van der Waals surface area contributed by atoms with Crippen molar-refractivity contribution in [1.29, 1.82) is 0 Å². The van der Waals surface area contributed by atoms with Gasteiger partial charge in [-0.05, 0) is 78.1 Å². The van der Waals surface area contributed by atoms with Gasteiger partial charge in [-0.1, -0.05) is 20.8 Å². The number of aliphatic imine (C=N–C) groups is 1. The quantitative estimate of drug-likeness (QED) is 0.353. The highest BCUT2D eigenvalue weighted by molar-refractivity contribution is 7.16. The van der Waals surface area contributed by atoms with Gasteiger partial charge in [-0.15, -0.1) is 11.3 Å². The lowest BCUT2D eigenvalue weighted by atomic mass is 9.72. The van der Waals surface area contributed by atoms with E-state index in [0.717, 1.165) is 41.1 Å². The van der Waals surface area contributed by atoms with E-state index >= 15 is 0 Å². The zero-order valence-electron chi connectivity index (χ0n) is 21.8. The number of benzene rings is 2. The molecule has 7 heteroatoms. The zero-order valence-corrected chi connectivity index (χ0v) is 22.6. The maximum atomic E-state index is 13.7. The van der Waals surface area contributed by atoms with Crippen LogP contribution >= 0.6 is 11.3 Å². The van der Waals surface area contributed by atoms with E-state index in [9.17, 15) is 4.79 Å². The van der Waals surface area contributed by atoms with Gasteiger partial charge in [-0.2, -0.15) is 0 Å². The number of nitrogens with zero attached hydrogens (tertiary/aromatic N) is 1. The molecule has 1 unspecified atom stereocenters. The standard InChI is InChI=1S/C29H34N2O4S/c1-29(2,3)19-9-13-22-25(15-19)36-28(30-17-18-7-10-20(33-4)11-8-18)26(22)27(32)31-23-14-12-21(34-5)16-24(23)35-6/h7-8,10-12,14,16-17,19H,9,13,15H2,1-6H3,(H,31,32)/b30-17+. The minimum absolute atomic E-state index is 0.174. The number of fused-ring (bicyclic) bond motifs is 1. The van der Waals surface area contributed by atoms with E-state index in [1.165, 1.54) is 4.88 Å². The van der Waals surface area contributed by atoms with Crippen molar-refractivity contribution in [3.63, 3.8) is 0 Å². The summed E-state index contributed by atoms with van der Waals surface area (Å²) in [4.78, 5) is 19.7. The number of hydrogen-bond donors (Lipinski definition) is 1. The van der Waals surface area contributed by atoms with Crippen LogP contribution in [0.15, 0.2) is 47.5 Å². The van der Waals surface area contributed by atoms with Crippen molar-refractivity contribution in [3.05, 3.63) is 64.0 Å². The van der Waals surface area contributed by atoms with Crippen LogP contribution in [0.5, 0.6) is 17.2 Å². The topological polar surface area (TPSA) is 69.2 Å². The molecule has 36 heavy (non-hydrogen) atoms. The molecule has 1 aliphatic rings. The first-order valence-corrected chi connectivity index (χ1v) is 12.9. The van der Waals surface area contributed by atoms with Crippen LogP contribution in [0, 0.1) is 11.3 Å². The molecule has 4 rings (SSSR count). The molecule has 1 aromatic heterocycles. The summed E-state index contributed by atoms with van der Waals surface area (Å²) < 4.78 is 16.0. The van der Waals surface area contributed by atoms with E-state index in [2.05, 4.69) is 26.1 Å².